The van der Waals surface area contributed by atoms with Gasteiger partial charge in [-0.15, -0.1) is 0 Å². The number of nitrogens with zero attached hydrogens (tertiary/aromatic N) is 1. The molecule has 0 radical (unpaired) electrons. The summed E-state index contributed by atoms with van der Waals surface area (Å²) in [7, 11) is -1.81. The monoisotopic (exact) mass is 392 g/mol. The van der Waals surface area contributed by atoms with Crippen molar-refractivity contribution in [2.75, 3.05) is 45.3 Å². The zero-order chi connectivity index (χ0) is 19.3. The smallest absolute Gasteiger partial charge is 0.272 e. The van der Waals surface area contributed by atoms with Gasteiger partial charge in [0.2, 0.25) is 10.0 Å². The van der Waals surface area contributed by atoms with Gasteiger partial charge in [-0.3, -0.25) is 5.32 Å². The summed E-state index contributed by atoms with van der Waals surface area (Å²) < 4.78 is 37.3. The molecule has 8 heteroatoms. The van der Waals surface area contributed by atoms with Crippen molar-refractivity contribution in [3.8, 4) is 5.75 Å². The number of hydrogen-bond donors (Lipinski definition) is 1. The molecule has 0 aliphatic carbocycles. The Kier molecular flexibility index (Phi) is 6.30. The maximum absolute atomic E-state index is 12.6. The van der Waals surface area contributed by atoms with Gasteiger partial charge < -0.3 is 9.47 Å². The predicted octanol–water partition coefficient (Wildman–Crippen LogP) is 1.49. The summed E-state index contributed by atoms with van der Waals surface area (Å²) >= 11 is 0. The molecule has 1 saturated heterocycles. The molecule has 146 valence electrons. The van der Waals surface area contributed by atoms with Crippen LogP contribution in [0.4, 0.5) is 5.82 Å². The largest absolute Gasteiger partial charge is 0.496 e. The fourth-order valence-corrected chi connectivity index (χ4v) is 4.43. The van der Waals surface area contributed by atoms with E-state index in [2.05, 4.69) is 23.3 Å². The Bertz CT molecular complexity index is 863. The van der Waals surface area contributed by atoms with E-state index in [4.69, 9.17) is 9.47 Å². The first-order valence-corrected chi connectivity index (χ1v) is 10.4. The first-order chi connectivity index (χ1) is 13.0. The summed E-state index contributed by atoms with van der Waals surface area (Å²) in [5, 5.41) is 3.28. The van der Waals surface area contributed by atoms with Gasteiger partial charge in [0.05, 0.1) is 26.9 Å². The van der Waals surface area contributed by atoms with Crippen molar-refractivity contribution in [1.82, 2.24) is 4.31 Å². The van der Waals surface area contributed by atoms with E-state index in [0.717, 1.165) is 23.6 Å². The molecule has 1 aromatic carbocycles. The Labute approximate surface area is 160 Å². The van der Waals surface area contributed by atoms with Gasteiger partial charge in [0.15, 0.2) is 0 Å². The molecule has 0 saturated carbocycles. The molecule has 1 aliphatic rings. The third kappa shape index (κ3) is 4.77. The fraction of sp³-hybridized carbons (Fsp3) is 0.421. The van der Waals surface area contributed by atoms with Gasteiger partial charge in [0.25, 0.3) is 5.82 Å². The average molecular weight is 393 g/mol. The lowest BCUT2D eigenvalue weighted by molar-refractivity contribution is -0.364. The van der Waals surface area contributed by atoms with Crippen LogP contribution in [0, 0.1) is 6.92 Å². The number of nitrogens with one attached hydrogen (secondary N) is 2. The first-order valence-electron chi connectivity index (χ1n) is 8.98. The van der Waals surface area contributed by atoms with Crippen molar-refractivity contribution in [1.29, 1.82) is 0 Å². The number of aromatic nitrogens is 1. The van der Waals surface area contributed by atoms with Gasteiger partial charge in [-0.05, 0) is 24.6 Å². The van der Waals surface area contributed by atoms with Crippen LogP contribution >= 0.6 is 0 Å². The summed E-state index contributed by atoms with van der Waals surface area (Å²) in [6.45, 7) is 4.40. The van der Waals surface area contributed by atoms with E-state index in [-0.39, 0.29) is 4.90 Å². The van der Waals surface area contributed by atoms with Crippen molar-refractivity contribution >= 4 is 15.8 Å². The standard InChI is InChI=1S/C19H25N3O4S/c1-15-3-5-18(25-2)16(13-15)7-8-20-19-6-4-17(14-21-19)27(23,24)22-9-11-26-12-10-22/h3-6,13-14H,7-12H2,1-2H3,(H,20,21)/p+1. The van der Waals surface area contributed by atoms with Gasteiger partial charge >= 0.3 is 0 Å². The maximum atomic E-state index is 12.6. The van der Waals surface area contributed by atoms with Crippen LogP contribution in [-0.2, 0) is 21.2 Å². The highest BCUT2D eigenvalue weighted by atomic mass is 32.2. The summed E-state index contributed by atoms with van der Waals surface area (Å²) in [5.74, 6) is 1.64. The molecule has 3 rings (SSSR count). The highest BCUT2D eigenvalue weighted by Gasteiger charge is 2.27. The molecule has 1 aliphatic heterocycles. The number of H-pyrrole nitrogens is 1. The number of pyridine rings is 1. The molecular weight excluding hydrogens is 366 g/mol. The fourth-order valence-electron chi connectivity index (χ4n) is 3.05. The Balaban J connectivity index is 1.60. The van der Waals surface area contributed by atoms with Gasteiger partial charge in [0, 0.05) is 25.6 Å². The quantitative estimate of drug-likeness (QED) is 0.772. The molecule has 2 aromatic rings. The van der Waals surface area contributed by atoms with E-state index < -0.39 is 10.0 Å². The SMILES string of the molecule is COc1ccc(C)cc1CCNc1ccc(S(=O)(=O)N2CCOCC2)c[nH+]1. The van der Waals surface area contributed by atoms with Gasteiger partial charge in [0.1, 0.15) is 16.8 Å². The number of morpholine rings is 1. The van der Waals surface area contributed by atoms with Crippen molar-refractivity contribution in [2.24, 2.45) is 0 Å². The van der Waals surface area contributed by atoms with Crippen molar-refractivity contribution < 1.29 is 22.9 Å². The van der Waals surface area contributed by atoms with Gasteiger partial charge in [-0.2, -0.15) is 4.31 Å². The molecule has 0 spiro atoms. The number of sulfonamides is 1. The number of ether oxygens (including phenoxy) is 2. The molecular formula is C19H26N3O4S+. The lowest BCUT2D eigenvalue weighted by Crippen LogP contribution is -2.40. The third-order valence-corrected chi connectivity index (χ3v) is 6.43. The first kappa shape index (κ1) is 19.6. The van der Waals surface area contributed by atoms with Crippen LogP contribution in [0.3, 0.4) is 0 Å². The third-order valence-electron chi connectivity index (χ3n) is 4.54. The van der Waals surface area contributed by atoms with Crippen LogP contribution in [0.25, 0.3) is 0 Å². The number of aromatic amines is 1. The van der Waals surface area contributed by atoms with Crippen molar-refractivity contribution in [2.45, 2.75) is 18.2 Å². The zero-order valence-corrected chi connectivity index (χ0v) is 16.5. The Morgan fingerprint density at radius 2 is 2.00 bits per heavy atom. The summed E-state index contributed by atoms with van der Waals surface area (Å²) in [5.41, 5.74) is 2.33. The van der Waals surface area contributed by atoms with Crippen LogP contribution in [0.5, 0.6) is 5.75 Å². The molecule has 2 heterocycles. The van der Waals surface area contributed by atoms with Crippen LogP contribution in [-0.4, -0.2) is 52.7 Å². The van der Waals surface area contributed by atoms with Crippen LogP contribution in [0.15, 0.2) is 41.4 Å². The highest BCUT2D eigenvalue weighted by molar-refractivity contribution is 7.89. The maximum Gasteiger partial charge on any atom is 0.272 e. The minimum atomic E-state index is -3.48. The normalized spacial score (nSPS) is 15.5. The van der Waals surface area contributed by atoms with Gasteiger partial charge in [-0.1, -0.05) is 17.7 Å². The Morgan fingerprint density at radius 1 is 1.22 bits per heavy atom. The van der Waals surface area contributed by atoms with E-state index in [1.54, 1.807) is 19.2 Å². The molecule has 0 amide bonds. The lowest BCUT2D eigenvalue weighted by Gasteiger charge is -2.25. The average Bonchev–Trinajstić information content (AvgIpc) is 2.69. The Hall–Kier alpha value is -2.16. The molecule has 0 bridgehead atoms. The van der Waals surface area contributed by atoms with Crippen molar-refractivity contribution in [3.63, 3.8) is 0 Å². The van der Waals surface area contributed by atoms with E-state index in [9.17, 15) is 8.42 Å². The molecule has 27 heavy (non-hydrogen) atoms. The molecule has 1 aromatic heterocycles. The zero-order valence-electron chi connectivity index (χ0n) is 15.7. The second-order valence-corrected chi connectivity index (χ2v) is 8.38. The summed E-state index contributed by atoms with van der Waals surface area (Å²) in [6.07, 6.45) is 2.33. The number of methoxy groups -OCH3 is 1. The molecule has 2 N–H and O–H groups in total. The van der Waals surface area contributed by atoms with Crippen LogP contribution in [0.1, 0.15) is 11.1 Å². The van der Waals surface area contributed by atoms with Crippen LogP contribution in [0.2, 0.25) is 0 Å². The summed E-state index contributed by atoms with van der Waals surface area (Å²) in [6, 6.07) is 9.49. The number of aryl methyl sites for hydroxylation is 1. The molecule has 0 unspecified atom stereocenters. The number of rotatable bonds is 7. The number of anilines is 1. The Morgan fingerprint density at radius 3 is 2.67 bits per heavy atom. The van der Waals surface area contributed by atoms with E-state index in [0.29, 0.717) is 32.8 Å². The van der Waals surface area contributed by atoms with E-state index >= 15 is 0 Å². The second kappa shape index (κ2) is 8.69. The topological polar surface area (TPSA) is 82.0 Å². The number of benzene rings is 1. The second-order valence-electron chi connectivity index (χ2n) is 6.45. The lowest BCUT2D eigenvalue weighted by atomic mass is 10.1. The molecule has 7 nitrogen and oxygen atoms in total. The van der Waals surface area contributed by atoms with E-state index in [1.807, 2.05) is 12.1 Å². The number of hydrogen-bond acceptors (Lipinski definition) is 5. The van der Waals surface area contributed by atoms with Crippen LogP contribution < -0.4 is 15.0 Å². The molecule has 0 atom stereocenters. The summed E-state index contributed by atoms with van der Waals surface area (Å²) in [4.78, 5) is 3.29. The van der Waals surface area contributed by atoms with E-state index in [1.165, 1.54) is 16.1 Å². The predicted molar refractivity (Wildman–Crippen MR) is 103 cm³/mol. The minimum absolute atomic E-state index is 0.260. The van der Waals surface area contributed by atoms with Gasteiger partial charge in [-0.25, -0.2) is 13.4 Å². The molecule has 1 fully saturated rings. The minimum Gasteiger partial charge on any atom is -0.496 e. The highest BCUT2D eigenvalue weighted by Crippen LogP contribution is 2.20. The van der Waals surface area contributed by atoms with Crippen molar-refractivity contribution in [3.05, 3.63) is 47.7 Å².